The molecular formula is C13H8BrF2NO. The molecule has 0 saturated heterocycles. The van der Waals surface area contributed by atoms with Gasteiger partial charge in [0, 0.05) is 10.2 Å². The summed E-state index contributed by atoms with van der Waals surface area (Å²) in [5.74, 6) is -1.73. The lowest BCUT2D eigenvalue weighted by Gasteiger charge is -2.06. The zero-order valence-electron chi connectivity index (χ0n) is 9.08. The normalized spacial score (nSPS) is 10.2. The van der Waals surface area contributed by atoms with Crippen LogP contribution in [0.15, 0.2) is 46.9 Å². The third-order valence-corrected chi connectivity index (χ3v) is 2.75. The van der Waals surface area contributed by atoms with Gasteiger partial charge in [0.1, 0.15) is 11.6 Å². The summed E-state index contributed by atoms with van der Waals surface area (Å²) in [5, 5.41) is 2.43. The number of benzene rings is 2. The second-order valence-electron chi connectivity index (χ2n) is 3.59. The summed E-state index contributed by atoms with van der Waals surface area (Å²) in [4.78, 5) is 11.8. The zero-order valence-corrected chi connectivity index (χ0v) is 10.7. The molecule has 0 atom stereocenters. The van der Waals surface area contributed by atoms with Gasteiger partial charge in [-0.1, -0.05) is 22.0 Å². The molecule has 92 valence electrons. The quantitative estimate of drug-likeness (QED) is 0.893. The van der Waals surface area contributed by atoms with Crippen molar-refractivity contribution in [3.05, 3.63) is 64.1 Å². The van der Waals surface area contributed by atoms with Crippen LogP contribution in [0.5, 0.6) is 0 Å². The second-order valence-corrected chi connectivity index (χ2v) is 4.50. The van der Waals surface area contributed by atoms with Crippen molar-refractivity contribution in [1.82, 2.24) is 0 Å². The van der Waals surface area contributed by atoms with E-state index in [4.69, 9.17) is 0 Å². The lowest BCUT2D eigenvalue weighted by atomic mass is 10.2. The van der Waals surface area contributed by atoms with E-state index >= 15 is 0 Å². The standard InChI is InChI=1S/C13H8BrF2NO/c14-8-4-5-11(12(16)6-8)13(18)17-10-3-1-2-9(15)7-10/h1-7H,(H,17,18). The summed E-state index contributed by atoms with van der Waals surface area (Å²) < 4.78 is 27.0. The van der Waals surface area contributed by atoms with Gasteiger partial charge in [0.15, 0.2) is 0 Å². The molecule has 0 fully saturated rings. The van der Waals surface area contributed by atoms with E-state index < -0.39 is 17.5 Å². The van der Waals surface area contributed by atoms with Crippen molar-refractivity contribution in [3.8, 4) is 0 Å². The first kappa shape index (κ1) is 12.7. The number of amides is 1. The van der Waals surface area contributed by atoms with Gasteiger partial charge >= 0.3 is 0 Å². The maximum Gasteiger partial charge on any atom is 0.258 e. The van der Waals surface area contributed by atoms with E-state index in [1.165, 1.54) is 30.3 Å². The molecule has 2 rings (SSSR count). The van der Waals surface area contributed by atoms with Gasteiger partial charge in [-0.2, -0.15) is 0 Å². The summed E-state index contributed by atoms with van der Waals surface area (Å²) in [6.07, 6.45) is 0. The molecular weight excluding hydrogens is 304 g/mol. The first-order valence-corrected chi connectivity index (χ1v) is 5.87. The van der Waals surface area contributed by atoms with Crippen LogP contribution in [0.4, 0.5) is 14.5 Å². The third kappa shape index (κ3) is 2.92. The number of anilines is 1. The minimum Gasteiger partial charge on any atom is -0.322 e. The number of carbonyl (C=O) groups excluding carboxylic acids is 1. The number of carbonyl (C=O) groups is 1. The molecule has 0 spiro atoms. The largest absolute Gasteiger partial charge is 0.322 e. The monoisotopic (exact) mass is 311 g/mol. The highest BCUT2D eigenvalue weighted by Gasteiger charge is 2.12. The predicted molar refractivity (Wildman–Crippen MR) is 68.5 cm³/mol. The Bertz CT molecular complexity index is 601. The van der Waals surface area contributed by atoms with Crippen LogP contribution in [0.1, 0.15) is 10.4 Å². The molecule has 0 radical (unpaired) electrons. The molecule has 1 amide bonds. The fraction of sp³-hybridized carbons (Fsp3) is 0. The van der Waals surface area contributed by atoms with Gasteiger partial charge in [-0.05, 0) is 36.4 Å². The average Bonchev–Trinajstić information content (AvgIpc) is 2.28. The smallest absolute Gasteiger partial charge is 0.258 e. The van der Waals surface area contributed by atoms with E-state index in [2.05, 4.69) is 21.2 Å². The van der Waals surface area contributed by atoms with E-state index in [-0.39, 0.29) is 11.3 Å². The van der Waals surface area contributed by atoms with Crippen LogP contribution in [0.25, 0.3) is 0 Å². The topological polar surface area (TPSA) is 29.1 Å². The van der Waals surface area contributed by atoms with Crippen molar-refractivity contribution in [3.63, 3.8) is 0 Å². The van der Waals surface area contributed by atoms with Gasteiger partial charge in [0.05, 0.1) is 5.56 Å². The molecule has 0 aliphatic heterocycles. The maximum atomic E-state index is 13.5. The van der Waals surface area contributed by atoms with Crippen LogP contribution in [-0.4, -0.2) is 5.91 Å². The van der Waals surface area contributed by atoms with Crippen LogP contribution in [0.3, 0.4) is 0 Å². The molecule has 2 aromatic carbocycles. The van der Waals surface area contributed by atoms with Crippen LogP contribution in [-0.2, 0) is 0 Å². The molecule has 0 aliphatic rings. The Balaban J connectivity index is 2.22. The van der Waals surface area contributed by atoms with E-state index in [0.717, 1.165) is 6.07 Å². The van der Waals surface area contributed by atoms with Gasteiger partial charge in [-0.15, -0.1) is 0 Å². The SMILES string of the molecule is O=C(Nc1cccc(F)c1)c1ccc(Br)cc1F. The van der Waals surface area contributed by atoms with E-state index in [9.17, 15) is 13.6 Å². The molecule has 0 saturated carbocycles. The molecule has 0 aromatic heterocycles. The number of hydrogen-bond acceptors (Lipinski definition) is 1. The first-order chi connectivity index (χ1) is 8.56. The molecule has 18 heavy (non-hydrogen) atoms. The van der Waals surface area contributed by atoms with Crippen molar-refractivity contribution in [1.29, 1.82) is 0 Å². The fourth-order valence-corrected chi connectivity index (χ4v) is 1.77. The van der Waals surface area contributed by atoms with Gasteiger partial charge in [0.25, 0.3) is 5.91 Å². The molecule has 0 heterocycles. The van der Waals surface area contributed by atoms with Gasteiger partial charge in [-0.3, -0.25) is 4.79 Å². The number of halogens is 3. The Morgan fingerprint density at radius 2 is 1.89 bits per heavy atom. The van der Waals surface area contributed by atoms with Crippen molar-refractivity contribution in [2.45, 2.75) is 0 Å². The minimum atomic E-state index is -0.640. The Morgan fingerprint density at radius 3 is 2.56 bits per heavy atom. The van der Waals surface area contributed by atoms with Crippen LogP contribution in [0, 0.1) is 11.6 Å². The molecule has 5 heteroatoms. The molecule has 0 bridgehead atoms. The van der Waals surface area contributed by atoms with E-state index in [1.54, 1.807) is 6.07 Å². The number of nitrogens with one attached hydrogen (secondary N) is 1. The Labute approximate surface area is 111 Å². The van der Waals surface area contributed by atoms with Crippen molar-refractivity contribution in [2.75, 3.05) is 5.32 Å². The number of hydrogen-bond donors (Lipinski definition) is 1. The van der Waals surface area contributed by atoms with Crippen molar-refractivity contribution < 1.29 is 13.6 Å². The molecule has 0 aliphatic carbocycles. The number of rotatable bonds is 2. The Morgan fingerprint density at radius 1 is 1.11 bits per heavy atom. The van der Waals surface area contributed by atoms with Gasteiger partial charge in [-0.25, -0.2) is 8.78 Å². The van der Waals surface area contributed by atoms with Crippen LogP contribution in [0.2, 0.25) is 0 Å². The summed E-state index contributed by atoms with van der Waals surface area (Å²) in [6, 6.07) is 9.52. The summed E-state index contributed by atoms with van der Waals surface area (Å²) in [7, 11) is 0. The van der Waals surface area contributed by atoms with Gasteiger partial charge in [0.2, 0.25) is 0 Å². The van der Waals surface area contributed by atoms with Crippen molar-refractivity contribution >= 4 is 27.5 Å². The Kier molecular flexibility index (Phi) is 3.72. The van der Waals surface area contributed by atoms with Crippen molar-refractivity contribution in [2.24, 2.45) is 0 Å². The highest BCUT2D eigenvalue weighted by Crippen LogP contribution is 2.17. The molecule has 0 unspecified atom stereocenters. The second kappa shape index (κ2) is 5.27. The Hall–Kier alpha value is -1.75. The highest BCUT2D eigenvalue weighted by molar-refractivity contribution is 9.10. The molecule has 2 aromatic rings. The average molecular weight is 312 g/mol. The molecule has 1 N–H and O–H groups in total. The summed E-state index contributed by atoms with van der Waals surface area (Å²) >= 11 is 3.10. The summed E-state index contributed by atoms with van der Waals surface area (Å²) in [6.45, 7) is 0. The van der Waals surface area contributed by atoms with E-state index in [1.807, 2.05) is 0 Å². The molecule has 2 nitrogen and oxygen atoms in total. The minimum absolute atomic E-state index is 0.0949. The van der Waals surface area contributed by atoms with Crippen LogP contribution >= 0.6 is 15.9 Å². The third-order valence-electron chi connectivity index (χ3n) is 2.26. The zero-order chi connectivity index (χ0) is 13.1. The predicted octanol–water partition coefficient (Wildman–Crippen LogP) is 3.98. The maximum absolute atomic E-state index is 13.5. The first-order valence-electron chi connectivity index (χ1n) is 5.08. The van der Waals surface area contributed by atoms with E-state index in [0.29, 0.717) is 4.47 Å². The lowest BCUT2D eigenvalue weighted by molar-refractivity contribution is 0.102. The van der Waals surface area contributed by atoms with Gasteiger partial charge < -0.3 is 5.32 Å². The fourth-order valence-electron chi connectivity index (χ4n) is 1.44. The lowest BCUT2D eigenvalue weighted by Crippen LogP contribution is -2.13. The summed E-state index contributed by atoms with van der Waals surface area (Å²) in [5.41, 5.74) is 0.185. The van der Waals surface area contributed by atoms with Crippen LogP contribution < -0.4 is 5.32 Å². The highest BCUT2D eigenvalue weighted by atomic mass is 79.9.